The zero-order valence-electron chi connectivity index (χ0n) is 12.6. The average molecular weight is 276 g/mol. The third-order valence-corrected chi connectivity index (χ3v) is 3.32. The van der Waals surface area contributed by atoms with Gasteiger partial charge in [-0.05, 0) is 32.8 Å². The molecule has 0 spiro atoms. The number of nitrogens with one attached hydrogen (secondary N) is 1. The Hall–Kier alpha value is -1.55. The lowest BCUT2D eigenvalue weighted by Gasteiger charge is -2.41. The maximum Gasteiger partial charge on any atom is 0.410 e. The number of carbonyl (C=O) groups is 1. The van der Waals surface area contributed by atoms with Crippen LogP contribution >= 0.6 is 0 Å². The Morgan fingerprint density at radius 2 is 2.05 bits per heavy atom. The van der Waals surface area contributed by atoms with Crippen LogP contribution in [0, 0.1) is 0 Å². The number of likely N-dealkylation sites (tertiary alicyclic amines) is 1. The van der Waals surface area contributed by atoms with Gasteiger partial charge in [-0.25, -0.2) is 4.79 Å². The van der Waals surface area contributed by atoms with E-state index in [1.54, 1.807) is 0 Å². The number of hydrogen-bond acceptors (Lipinski definition) is 3. The van der Waals surface area contributed by atoms with Crippen LogP contribution in [0.15, 0.2) is 30.3 Å². The summed E-state index contributed by atoms with van der Waals surface area (Å²) < 4.78 is 5.40. The Morgan fingerprint density at radius 3 is 2.60 bits per heavy atom. The van der Waals surface area contributed by atoms with Crippen molar-refractivity contribution in [3.63, 3.8) is 0 Å². The zero-order valence-corrected chi connectivity index (χ0v) is 12.6. The van der Waals surface area contributed by atoms with Gasteiger partial charge in [0, 0.05) is 25.7 Å². The number of hydrogen-bond donors (Lipinski definition) is 1. The first kappa shape index (κ1) is 14.9. The summed E-state index contributed by atoms with van der Waals surface area (Å²) in [5.41, 5.74) is 0.838. The van der Waals surface area contributed by atoms with E-state index in [1.165, 1.54) is 5.56 Å². The second-order valence-electron chi connectivity index (χ2n) is 6.23. The predicted molar refractivity (Wildman–Crippen MR) is 79.5 cm³/mol. The molecule has 1 heterocycles. The van der Waals surface area contributed by atoms with E-state index in [4.69, 9.17) is 4.74 Å². The van der Waals surface area contributed by atoms with Crippen molar-refractivity contribution < 1.29 is 9.53 Å². The van der Waals surface area contributed by atoms with E-state index in [0.29, 0.717) is 0 Å². The minimum absolute atomic E-state index is 0.199. The number of nitrogens with zero attached hydrogens (tertiary/aromatic N) is 1. The first-order valence-electron chi connectivity index (χ1n) is 7.20. The van der Waals surface area contributed by atoms with Crippen molar-refractivity contribution in [1.29, 1.82) is 0 Å². The molecule has 1 amide bonds. The molecule has 0 aliphatic carbocycles. The Morgan fingerprint density at radius 1 is 1.35 bits per heavy atom. The molecular weight excluding hydrogens is 252 g/mol. The monoisotopic (exact) mass is 276 g/mol. The second-order valence-corrected chi connectivity index (χ2v) is 6.23. The van der Waals surface area contributed by atoms with Gasteiger partial charge in [-0.3, -0.25) is 0 Å². The van der Waals surface area contributed by atoms with Gasteiger partial charge < -0.3 is 15.0 Å². The molecule has 1 fully saturated rings. The molecule has 0 radical (unpaired) electrons. The third kappa shape index (κ3) is 4.23. The molecular formula is C16H24N2O2. The molecule has 0 saturated carbocycles. The molecule has 1 aliphatic rings. The summed E-state index contributed by atoms with van der Waals surface area (Å²) in [5, 5.41) is 3.40. The fourth-order valence-electron chi connectivity index (χ4n) is 2.19. The number of ether oxygens (including phenoxy) is 1. The highest BCUT2D eigenvalue weighted by molar-refractivity contribution is 5.69. The van der Waals surface area contributed by atoms with E-state index in [-0.39, 0.29) is 12.1 Å². The molecule has 1 unspecified atom stereocenters. The molecule has 1 aromatic rings. The second kappa shape index (κ2) is 6.27. The quantitative estimate of drug-likeness (QED) is 0.919. The molecule has 1 saturated heterocycles. The van der Waals surface area contributed by atoms with Crippen molar-refractivity contribution in [2.24, 2.45) is 0 Å². The van der Waals surface area contributed by atoms with Crippen LogP contribution in [0.4, 0.5) is 4.79 Å². The Labute approximate surface area is 121 Å². The van der Waals surface area contributed by atoms with Gasteiger partial charge in [0.2, 0.25) is 0 Å². The number of rotatable bonds is 4. The largest absolute Gasteiger partial charge is 0.444 e. The molecule has 20 heavy (non-hydrogen) atoms. The lowest BCUT2D eigenvalue weighted by molar-refractivity contribution is -0.00493. The molecule has 0 aromatic heterocycles. The molecule has 4 heteroatoms. The lowest BCUT2D eigenvalue weighted by atomic mass is 10.0. The van der Waals surface area contributed by atoms with Crippen LogP contribution in [0.25, 0.3) is 0 Å². The molecule has 1 aliphatic heterocycles. The highest BCUT2D eigenvalue weighted by Crippen LogP contribution is 2.20. The number of benzene rings is 1. The van der Waals surface area contributed by atoms with E-state index in [1.807, 2.05) is 43.9 Å². The van der Waals surface area contributed by atoms with Crippen LogP contribution in [-0.2, 0) is 11.3 Å². The summed E-state index contributed by atoms with van der Waals surface area (Å²) in [6.07, 6.45) is 0.844. The Balaban J connectivity index is 1.73. The molecule has 1 N–H and O–H groups in total. The van der Waals surface area contributed by atoms with Crippen LogP contribution in [0.5, 0.6) is 0 Å². The van der Waals surface area contributed by atoms with Crippen molar-refractivity contribution in [1.82, 2.24) is 10.2 Å². The predicted octanol–water partition coefficient (Wildman–Crippen LogP) is 2.79. The molecule has 110 valence electrons. The van der Waals surface area contributed by atoms with Crippen LogP contribution in [0.2, 0.25) is 0 Å². The fourth-order valence-corrected chi connectivity index (χ4v) is 2.19. The van der Waals surface area contributed by atoms with Gasteiger partial charge in [0.15, 0.2) is 0 Å². The van der Waals surface area contributed by atoms with Crippen molar-refractivity contribution in [2.75, 3.05) is 13.1 Å². The van der Waals surface area contributed by atoms with Gasteiger partial charge in [-0.15, -0.1) is 0 Å². The minimum atomic E-state index is -0.422. The minimum Gasteiger partial charge on any atom is -0.444 e. The van der Waals surface area contributed by atoms with E-state index in [2.05, 4.69) is 17.4 Å². The summed E-state index contributed by atoms with van der Waals surface area (Å²) >= 11 is 0. The van der Waals surface area contributed by atoms with Crippen molar-refractivity contribution in [2.45, 2.75) is 45.4 Å². The van der Waals surface area contributed by atoms with Crippen molar-refractivity contribution in [3.05, 3.63) is 35.9 Å². The molecule has 1 atom stereocenters. The summed E-state index contributed by atoms with van der Waals surface area (Å²) in [6.45, 7) is 8.13. The van der Waals surface area contributed by atoms with Crippen LogP contribution < -0.4 is 5.32 Å². The fraction of sp³-hybridized carbons (Fsp3) is 0.562. The van der Waals surface area contributed by atoms with Crippen molar-refractivity contribution in [3.8, 4) is 0 Å². The first-order chi connectivity index (χ1) is 9.46. The van der Waals surface area contributed by atoms with Gasteiger partial charge in [0.1, 0.15) is 5.60 Å². The van der Waals surface area contributed by atoms with Gasteiger partial charge in [-0.1, -0.05) is 30.3 Å². The van der Waals surface area contributed by atoms with Crippen molar-refractivity contribution >= 4 is 6.09 Å². The van der Waals surface area contributed by atoms with Gasteiger partial charge in [0.25, 0.3) is 0 Å². The molecule has 4 nitrogen and oxygen atoms in total. The third-order valence-electron chi connectivity index (χ3n) is 3.32. The molecule has 1 aromatic carbocycles. The van der Waals surface area contributed by atoms with E-state index in [0.717, 1.165) is 26.1 Å². The summed E-state index contributed by atoms with van der Waals surface area (Å²) in [4.78, 5) is 13.8. The highest BCUT2D eigenvalue weighted by atomic mass is 16.6. The first-order valence-corrected chi connectivity index (χ1v) is 7.20. The van der Waals surface area contributed by atoms with E-state index < -0.39 is 5.60 Å². The lowest BCUT2D eigenvalue weighted by Crippen LogP contribution is -2.56. The number of carbonyl (C=O) groups excluding carboxylic acids is 1. The Bertz CT molecular complexity index is 440. The maximum absolute atomic E-state index is 12.0. The number of amides is 1. The molecule has 2 rings (SSSR count). The van der Waals surface area contributed by atoms with Gasteiger partial charge in [0.05, 0.1) is 0 Å². The Kier molecular flexibility index (Phi) is 4.65. The summed E-state index contributed by atoms with van der Waals surface area (Å²) in [5.74, 6) is 0. The van der Waals surface area contributed by atoms with Crippen LogP contribution in [-0.4, -0.2) is 35.7 Å². The van der Waals surface area contributed by atoms with E-state index >= 15 is 0 Å². The molecule has 0 bridgehead atoms. The van der Waals surface area contributed by atoms with E-state index in [9.17, 15) is 4.79 Å². The SMILES string of the molecule is CC(C)(C)OC(=O)N1CCC1CNCc1ccccc1. The standard InChI is InChI=1S/C16H24N2O2/c1-16(2,3)20-15(19)18-10-9-14(18)12-17-11-13-7-5-4-6-8-13/h4-8,14,17H,9-12H2,1-3H3. The smallest absolute Gasteiger partial charge is 0.410 e. The van der Waals surface area contributed by atoms with Gasteiger partial charge in [-0.2, -0.15) is 0 Å². The van der Waals surface area contributed by atoms with Crippen LogP contribution in [0.1, 0.15) is 32.8 Å². The normalized spacial score (nSPS) is 18.6. The summed E-state index contributed by atoms with van der Waals surface area (Å²) in [6, 6.07) is 10.5. The zero-order chi connectivity index (χ0) is 14.6. The summed E-state index contributed by atoms with van der Waals surface area (Å²) in [7, 11) is 0. The van der Waals surface area contributed by atoms with Gasteiger partial charge >= 0.3 is 6.09 Å². The van der Waals surface area contributed by atoms with Crippen LogP contribution in [0.3, 0.4) is 0 Å². The topological polar surface area (TPSA) is 41.6 Å². The maximum atomic E-state index is 12.0. The average Bonchev–Trinajstić information content (AvgIpc) is 2.32. The highest BCUT2D eigenvalue weighted by Gasteiger charge is 2.34.